The van der Waals surface area contributed by atoms with E-state index in [0.29, 0.717) is 6.54 Å². The molecule has 0 saturated carbocycles. The molecule has 94 valence electrons. The summed E-state index contributed by atoms with van der Waals surface area (Å²) in [7, 11) is 0. The van der Waals surface area contributed by atoms with Gasteiger partial charge in [0.05, 0.1) is 12.2 Å². The van der Waals surface area contributed by atoms with Crippen molar-refractivity contribution in [2.24, 2.45) is 0 Å². The number of rotatable bonds is 4. The molecule has 5 heteroatoms. The van der Waals surface area contributed by atoms with Crippen LogP contribution in [-0.4, -0.2) is 10.9 Å². The van der Waals surface area contributed by atoms with E-state index in [1.165, 1.54) is 13.0 Å². The van der Waals surface area contributed by atoms with Crippen molar-refractivity contribution in [2.75, 3.05) is 10.6 Å². The predicted octanol–water partition coefficient (Wildman–Crippen LogP) is 2.72. The molecule has 0 saturated heterocycles. The Hall–Kier alpha value is -2.30. The van der Waals surface area contributed by atoms with E-state index in [-0.39, 0.29) is 11.6 Å². The molecule has 1 aromatic carbocycles. The number of amides is 1. The zero-order valence-electron chi connectivity index (χ0n) is 9.96. The first-order chi connectivity index (χ1) is 8.65. The average Bonchev–Trinajstić information content (AvgIpc) is 2.82. The fraction of sp³-hybridized carbons (Fsp3) is 0.154. The number of carbonyl (C=O) groups is 1. The molecule has 2 aromatic rings. The Balaban J connectivity index is 2.06. The molecule has 0 bridgehead atoms. The van der Waals surface area contributed by atoms with Crippen LogP contribution in [0.1, 0.15) is 12.6 Å². The molecular formula is C13H14FN3O. The third kappa shape index (κ3) is 3.10. The first-order valence-electron chi connectivity index (χ1n) is 5.58. The van der Waals surface area contributed by atoms with Gasteiger partial charge in [0.1, 0.15) is 5.82 Å². The fourth-order valence-electron chi connectivity index (χ4n) is 1.60. The maximum absolute atomic E-state index is 13.4. The van der Waals surface area contributed by atoms with Crippen LogP contribution in [0, 0.1) is 5.82 Å². The zero-order valence-corrected chi connectivity index (χ0v) is 9.96. The van der Waals surface area contributed by atoms with Crippen molar-refractivity contribution < 1.29 is 9.18 Å². The molecule has 1 heterocycles. The maximum Gasteiger partial charge on any atom is 0.221 e. The molecule has 0 spiro atoms. The average molecular weight is 247 g/mol. The fourth-order valence-corrected chi connectivity index (χ4v) is 1.60. The summed E-state index contributed by atoms with van der Waals surface area (Å²) in [6, 6.07) is 8.38. The smallest absolute Gasteiger partial charge is 0.221 e. The number of benzene rings is 1. The number of hydrogen-bond acceptors (Lipinski definition) is 2. The summed E-state index contributed by atoms with van der Waals surface area (Å²) in [5, 5.41) is 5.58. The molecule has 0 atom stereocenters. The Kier molecular flexibility index (Phi) is 3.62. The number of anilines is 2. The van der Waals surface area contributed by atoms with Gasteiger partial charge in [0.15, 0.2) is 0 Å². The molecule has 4 nitrogen and oxygen atoms in total. The van der Waals surface area contributed by atoms with Crippen LogP contribution >= 0.6 is 0 Å². The summed E-state index contributed by atoms with van der Waals surface area (Å²) in [5.74, 6) is -0.744. The maximum atomic E-state index is 13.4. The molecule has 2 rings (SSSR count). The first-order valence-corrected chi connectivity index (χ1v) is 5.58. The van der Waals surface area contributed by atoms with Crippen molar-refractivity contribution in [3.05, 3.63) is 48.0 Å². The Labute approximate surface area is 104 Å². The summed E-state index contributed by atoms with van der Waals surface area (Å²) < 4.78 is 13.4. The van der Waals surface area contributed by atoms with E-state index in [4.69, 9.17) is 0 Å². The van der Waals surface area contributed by atoms with Gasteiger partial charge in [-0.05, 0) is 30.3 Å². The molecule has 0 aliphatic carbocycles. The molecule has 0 aliphatic rings. The van der Waals surface area contributed by atoms with Crippen LogP contribution in [0.25, 0.3) is 0 Å². The molecule has 1 aromatic heterocycles. The third-order valence-corrected chi connectivity index (χ3v) is 2.42. The Morgan fingerprint density at radius 3 is 2.89 bits per heavy atom. The van der Waals surface area contributed by atoms with Gasteiger partial charge in [-0.25, -0.2) is 4.39 Å². The molecule has 0 radical (unpaired) electrons. The highest BCUT2D eigenvalue weighted by Crippen LogP contribution is 2.20. The summed E-state index contributed by atoms with van der Waals surface area (Å²) >= 11 is 0. The molecule has 18 heavy (non-hydrogen) atoms. The molecule has 0 fully saturated rings. The van der Waals surface area contributed by atoms with Gasteiger partial charge >= 0.3 is 0 Å². The molecule has 1 amide bonds. The largest absolute Gasteiger partial charge is 0.379 e. The SMILES string of the molecule is CC(=O)Nc1cc(NCc2ccc[nH]2)ccc1F. The number of aromatic amines is 1. The van der Waals surface area contributed by atoms with Gasteiger partial charge in [-0.3, -0.25) is 4.79 Å². The summed E-state index contributed by atoms with van der Waals surface area (Å²) in [5.41, 5.74) is 1.95. The van der Waals surface area contributed by atoms with E-state index < -0.39 is 5.82 Å². The van der Waals surface area contributed by atoms with E-state index in [1.54, 1.807) is 12.1 Å². The highest BCUT2D eigenvalue weighted by Gasteiger charge is 2.05. The third-order valence-electron chi connectivity index (χ3n) is 2.42. The van der Waals surface area contributed by atoms with E-state index in [0.717, 1.165) is 11.4 Å². The van der Waals surface area contributed by atoms with Crippen molar-refractivity contribution in [3.8, 4) is 0 Å². The lowest BCUT2D eigenvalue weighted by Gasteiger charge is -2.09. The van der Waals surface area contributed by atoms with Gasteiger partial charge < -0.3 is 15.6 Å². The van der Waals surface area contributed by atoms with Crippen LogP contribution in [0.3, 0.4) is 0 Å². The van der Waals surface area contributed by atoms with Gasteiger partial charge in [0.25, 0.3) is 0 Å². The van der Waals surface area contributed by atoms with Crippen molar-refractivity contribution >= 4 is 17.3 Å². The standard InChI is InChI=1S/C13H14FN3O/c1-9(18)17-13-7-10(4-5-12(13)14)16-8-11-3-2-6-15-11/h2-7,15-16H,8H2,1H3,(H,17,18). The van der Waals surface area contributed by atoms with Crippen LogP contribution in [0.5, 0.6) is 0 Å². The van der Waals surface area contributed by atoms with Crippen LogP contribution in [0.2, 0.25) is 0 Å². The van der Waals surface area contributed by atoms with Crippen molar-refractivity contribution in [1.29, 1.82) is 0 Å². The first kappa shape index (κ1) is 12.2. The summed E-state index contributed by atoms with van der Waals surface area (Å²) in [6.45, 7) is 1.95. The second kappa shape index (κ2) is 5.35. The van der Waals surface area contributed by atoms with Crippen LogP contribution in [0.15, 0.2) is 36.5 Å². The zero-order chi connectivity index (χ0) is 13.0. The van der Waals surface area contributed by atoms with E-state index in [9.17, 15) is 9.18 Å². The van der Waals surface area contributed by atoms with Gasteiger partial charge in [-0.15, -0.1) is 0 Å². The number of carbonyl (C=O) groups excluding carboxylic acids is 1. The second-order valence-corrected chi connectivity index (χ2v) is 3.92. The van der Waals surface area contributed by atoms with Crippen molar-refractivity contribution in [3.63, 3.8) is 0 Å². The van der Waals surface area contributed by atoms with Gasteiger partial charge in [0, 0.05) is 24.5 Å². The number of hydrogen-bond donors (Lipinski definition) is 3. The van der Waals surface area contributed by atoms with Gasteiger partial charge in [-0.1, -0.05) is 0 Å². The minimum absolute atomic E-state index is 0.180. The topological polar surface area (TPSA) is 56.9 Å². The second-order valence-electron chi connectivity index (χ2n) is 3.92. The number of H-pyrrole nitrogens is 1. The Morgan fingerprint density at radius 2 is 2.22 bits per heavy atom. The normalized spacial score (nSPS) is 10.1. The Bertz CT molecular complexity index is 537. The molecular weight excluding hydrogens is 233 g/mol. The van der Waals surface area contributed by atoms with E-state index in [2.05, 4.69) is 15.6 Å². The molecule has 0 aliphatic heterocycles. The molecule has 3 N–H and O–H groups in total. The lowest BCUT2D eigenvalue weighted by atomic mass is 10.2. The summed E-state index contributed by atoms with van der Waals surface area (Å²) in [6.07, 6.45) is 1.84. The highest BCUT2D eigenvalue weighted by atomic mass is 19.1. The minimum Gasteiger partial charge on any atom is -0.379 e. The van der Waals surface area contributed by atoms with Gasteiger partial charge in [-0.2, -0.15) is 0 Å². The van der Waals surface area contributed by atoms with Crippen LogP contribution in [-0.2, 0) is 11.3 Å². The number of nitrogens with one attached hydrogen (secondary N) is 3. The Morgan fingerprint density at radius 1 is 1.39 bits per heavy atom. The lowest BCUT2D eigenvalue weighted by molar-refractivity contribution is -0.114. The van der Waals surface area contributed by atoms with E-state index in [1.807, 2.05) is 18.3 Å². The number of aromatic nitrogens is 1. The van der Waals surface area contributed by atoms with Crippen molar-refractivity contribution in [1.82, 2.24) is 4.98 Å². The quantitative estimate of drug-likeness (QED) is 0.778. The lowest BCUT2D eigenvalue weighted by Crippen LogP contribution is -2.08. The van der Waals surface area contributed by atoms with Crippen molar-refractivity contribution in [2.45, 2.75) is 13.5 Å². The number of halogens is 1. The predicted molar refractivity (Wildman–Crippen MR) is 68.8 cm³/mol. The van der Waals surface area contributed by atoms with Gasteiger partial charge in [0.2, 0.25) is 5.91 Å². The molecule has 0 unspecified atom stereocenters. The summed E-state index contributed by atoms with van der Waals surface area (Å²) in [4.78, 5) is 14.0. The monoisotopic (exact) mass is 247 g/mol. The highest BCUT2D eigenvalue weighted by molar-refractivity contribution is 5.89. The van der Waals surface area contributed by atoms with Crippen LogP contribution < -0.4 is 10.6 Å². The van der Waals surface area contributed by atoms with Crippen LogP contribution in [0.4, 0.5) is 15.8 Å². The van der Waals surface area contributed by atoms with E-state index >= 15 is 0 Å². The minimum atomic E-state index is -0.448.